The third-order valence-electron chi connectivity index (χ3n) is 3.72. The lowest BCUT2D eigenvalue weighted by atomic mass is 9.89. The van der Waals surface area contributed by atoms with Gasteiger partial charge in [-0.15, -0.1) is 0 Å². The molecular formula is C15H20N4O. The van der Waals surface area contributed by atoms with E-state index in [9.17, 15) is 0 Å². The van der Waals surface area contributed by atoms with Crippen LogP contribution < -0.4 is 5.32 Å². The molecule has 0 unspecified atom stereocenters. The number of hydrogen-bond acceptors (Lipinski definition) is 4. The third kappa shape index (κ3) is 2.89. The summed E-state index contributed by atoms with van der Waals surface area (Å²) in [5, 5.41) is 14.7. The Morgan fingerprint density at radius 2 is 2.05 bits per heavy atom. The summed E-state index contributed by atoms with van der Waals surface area (Å²) in [5.41, 5.74) is 2.99. The lowest BCUT2D eigenvalue weighted by Gasteiger charge is -2.35. The Labute approximate surface area is 118 Å². The van der Waals surface area contributed by atoms with Gasteiger partial charge in [-0.2, -0.15) is 15.4 Å². The van der Waals surface area contributed by atoms with Gasteiger partial charge in [0.2, 0.25) is 0 Å². The van der Waals surface area contributed by atoms with Gasteiger partial charge in [0.1, 0.15) is 11.4 Å². The van der Waals surface area contributed by atoms with Crippen molar-refractivity contribution >= 4 is 0 Å². The minimum Gasteiger partial charge on any atom is -0.378 e. The van der Waals surface area contributed by atoms with Gasteiger partial charge in [0.15, 0.2) is 0 Å². The highest BCUT2D eigenvalue weighted by Crippen LogP contribution is 2.24. The first kappa shape index (κ1) is 13.3. The van der Waals surface area contributed by atoms with Gasteiger partial charge in [0, 0.05) is 24.8 Å². The van der Waals surface area contributed by atoms with E-state index in [-0.39, 0.29) is 0 Å². The Balaban J connectivity index is 1.56. The molecule has 1 fully saturated rings. The highest BCUT2D eigenvalue weighted by Gasteiger charge is 2.29. The molecule has 1 aliphatic rings. The monoisotopic (exact) mass is 272 g/mol. The summed E-state index contributed by atoms with van der Waals surface area (Å²) in [4.78, 5) is 0. The zero-order valence-corrected chi connectivity index (χ0v) is 11.7. The molecule has 2 aromatic rings. The average Bonchev–Trinajstić information content (AvgIpc) is 2.90. The molecule has 2 N–H and O–H groups in total. The van der Waals surface area contributed by atoms with Crippen LogP contribution in [0.3, 0.4) is 0 Å². The lowest BCUT2D eigenvalue weighted by molar-refractivity contribution is -0.0102. The second kappa shape index (κ2) is 6.15. The van der Waals surface area contributed by atoms with Crippen molar-refractivity contribution in [1.29, 1.82) is 0 Å². The van der Waals surface area contributed by atoms with E-state index in [0.717, 1.165) is 42.9 Å². The van der Waals surface area contributed by atoms with Gasteiger partial charge in [-0.3, -0.25) is 0 Å². The second-order valence-corrected chi connectivity index (χ2v) is 5.11. The smallest absolute Gasteiger partial charge is 0.117 e. The average molecular weight is 272 g/mol. The van der Waals surface area contributed by atoms with Crippen LogP contribution in [0.25, 0.3) is 11.3 Å². The van der Waals surface area contributed by atoms with Gasteiger partial charge in [0.25, 0.3) is 0 Å². The van der Waals surface area contributed by atoms with Crippen molar-refractivity contribution in [3.63, 3.8) is 0 Å². The van der Waals surface area contributed by atoms with Crippen molar-refractivity contribution in [1.82, 2.24) is 20.7 Å². The Hall–Kier alpha value is -1.72. The van der Waals surface area contributed by atoms with Crippen LogP contribution in [0.15, 0.2) is 30.3 Å². The topological polar surface area (TPSA) is 62.8 Å². The van der Waals surface area contributed by atoms with Crippen molar-refractivity contribution < 1.29 is 4.74 Å². The van der Waals surface area contributed by atoms with Gasteiger partial charge < -0.3 is 10.1 Å². The molecule has 1 aromatic heterocycles. The largest absolute Gasteiger partial charge is 0.378 e. The summed E-state index contributed by atoms with van der Waals surface area (Å²) in [7, 11) is 0. The zero-order chi connectivity index (χ0) is 13.8. The minimum absolute atomic E-state index is 0.434. The molecular weight excluding hydrogens is 252 g/mol. The summed E-state index contributed by atoms with van der Waals surface area (Å²) >= 11 is 0. The maximum absolute atomic E-state index is 5.56. The number of aromatic amines is 1. The van der Waals surface area contributed by atoms with Crippen LogP contribution in [-0.4, -0.2) is 34.2 Å². The third-order valence-corrected chi connectivity index (χ3v) is 3.72. The highest BCUT2D eigenvalue weighted by molar-refractivity contribution is 5.60. The molecule has 1 aromatic carbocycles. The number of aromatic nitrogens is 3. The molecule has 0 aliphatic heterocycles. The molecule has 106 valence electrons. The molecule has 0 saturated heterocycles. The molecule has 5 heteroatoms. The number of benzene rings is 1. The predicted octanol–water partition coefficient (Wildman–Crippen LogP) is 2.13. The Bertz CT molecular complexity index is 534. The predicted molar refractivity (Wildman–Crippen MR) is 77.1 cm³/mol. The van der Waals surface area contributed by atoms with E-state index >= 15 is 0 Å². The maximum atomic E-state index is 5.56. The number of nitrogens with one attached hydrogen (secondary N) is 2. The first-order valence-corrected chi connectivity index (χ1v) is 7.17. The van der Waals surface area contributed by atoms with E-state index < -0.39 is 0 Å². The first-order chi connectivity index (χ1) is 9.86. The van der Waals surface area contributed by atoms with E-state index in [4.69, 9.17) is 4.74 Å². The number of rotatable bonds is 6. The fourth-order valence-corrected chi connectivity index (χ4v) is 2.55. The molecule has 0 spiro atoms. The summed E-state index contributed by atoms with van der Waals surface area (Å²) < 4.78 is 5.56. The lowest BCUT2D eigenvalue weighted by Crippen LogP contribution is -2.45. The molecule has 0 bridgehead atoms. The molecule has 0 radical (unpaired) electrons. The number of ether oxygens (including phenoxy) is 1. The molecule has 0 amide bonds. The quantitative estimate of drug-likeness (QED) is 0.845. The Kier molecular flexibility index (Phi) is 4.08. The van der Waals surface area contributed by atoms with Crippen LogP contribution in [0.1, 0.15) is 25.5 Å². The highest BCUT2D eigenvalue weighted by atomic mass is 16.5. The van der Waals surface area contributed by atoms with E-state index in [1.807, 2.05) is 25.1 Å². The Morgan fingerprint density at radius 1 is 1.25 bits per heavy atom. The van der Waals surface area contributed by atoms with Crippen LogP contribution in [-0.2, 0) is 11.3 Å². The fraction of sp³-hybridized carbons (Fsp3) is 0.467. The molecule has 1 heterocycles. The number of hydrogen-bond donors (Lipinski definition) is 2. The van der Waals surface area contributed by atoms with Crippen LogP contribution in [0, 0.1) is 0 Å². The van der Waals surface area contributed by atoms with Gasteiger partial charge in [-0.05, 0) is 19.8 Å². The van der Waals surface area contributed by atoms with E-state index in [2.05, 4.69) is 32.9 Å². The minimum atomic E-state index is 0.434. The summed E-state index contributed by atoms with van der Waals surface area (Å²) in [6.07, 6.45) is 2.61. The second-order valence-electron chi connectivity index (χ2n) is 5.11. The normalized spacial score (nSPS) is 21.6. The van der Waals surface area contributed by atoms with Gasteiger partial charge in [-0.1, -0.05) is 30.3 Å². The van der Waals surface area contributed by atoms with Crippen molar-refractivity contribution in [2.45, 2.75) is 38.5 Å². The maximum Gasteiger partial charge on any atom is 0.117 e. The van der Waals surface area contributed by atoms with Crippen molar-refractivity contribution in [3.8, 4) is 11.3 Å². The van der Waals surface area contributed by atoms with Crippen molar-refractivity contribution in [2.75, 3.05) is 6.61 Å². The molecule has 0 atom stereocenters. The number of nitrogens with zero attached hydrogens (tertiary/aromatic N) is 2. The zero-order valence-electron chi connectivity index (χ0n) is 11.7. The molecule has 5 nitrogen and oxygen atoms in total. The van der Waals surface area contributed by atoms with Crippen LogP contribution in [0.4, 0.5) is 0 Å². The number of H-pyrrole nitrogens is 1. The van der Waals surface area contributed by atoms with E-state index in [1.165, 1.54) is 0 Å². The van der Waals surface area contributed by atoms with Crippen LogP contribution in [0.5, 0.6) is 0 Å². The van der Waals surface area contributed by atoms with Gasteiger partial charge in [-0.25, -0.2) is 0 Å². The van der Waals surface area contributed by atoms with Gasteiger partial charge in [0.05, 0.1) is 6.10 Å². The summed E-state index contributed by atoms with van der Waals surface area (Å²) in [6, 6.07) is 10.7. The standard InChI is InChI=1S/C15H20N4O/c1-2-20-13-8-12(9-13)16-10-14-15(18-19-17-14)11-6-4-3-5-7-11/h3-7,12-13,16H,2,8-10H2,1H3,(H,17,18,19). The first-order valence-electron chi connectivity index (χ1n) is 7.17. The van der Waals surface area contributed by atoms with Crippen LogP contribution in [0.2, 0.25) is 0 Å². The SMILES string of the molecule is CCOC1CC(NCc2n[nH]nc2-c2ccccc2)C1. The molecule has 1 saturated carbocycles. The summed E-state index contributed by atoms with van der Waals surface area (Å²) in [6.45, 7) is 3.59. The van der Waals surface area contributed by atoms with Crippen molar-refractivity contribution in [2.24, 2.45) is 0 Å². The Morgan fingerprint density at radius 3 is 2.80 bits per heavy atom. The summed E-state index contributed by atoms with van der Waals surface area (Å²) in [5.74, 6) is 0. The van der Waals surface area contributed by atoms with E-state index in [1.54, 1.807) is 0 Å². The molecule has 3 rings (SSSR count). The molecule has 20 heavy (non-hydrogen) atoms. The van der Waals surface area contributed by atoms with E-state index in [0.29, 0.717) is 12.1 Å². The fourth-order valence-electron chi connectivity index (χ4n) is 2.55. The van der Waals surface area contributed by atoms with Crippen LogP contribution >= 0.6 is 0 Å². The molecule has 1 aliphatic carbocycles. The van der Waals surface area contributed by atoms with Crippen molar-refractivity contribution in [3.05, 3.63) is 36.0 Å². The van der Waals surface area contributed by atoms with Gasteiger partial charge >= 0.3 is 0 Å².